The van der Waals surface area contributed by atoms with Crippen LogP contribution in [0, 0.1) is 5.92 Å². The molecule has 1 amide bonds. The van der Waals surface area contributed by atoms with Gasteiger partial charge in [-0.15, -0.1) is 13.2 Å². The largest absolute Gasteiger partial charge is 0.573 e. The third-order valence-corrected chi connectivity index (χ3v) is 3.92. The van der Waals surface area contributed by atoms with Crippen molar-refractivity contribution in [2.24, 2.45) is 5.92 Å². The smallest absolute Gasteiger partial charge is 0.404 e. The highest BCUT2D eigenvalue weighted by atomic mass is 19.4. The Kier molecular flexibility index (Phi) is 2.64. The van der Waals surface area contributed by atoms with Crippen LogP contribution in [0.1, 0.15) is 29.6 Å². The molecule has 1 aromatic rings. The maximum absolute atomic E-state index is 12.2. The molecule has 2 bridgehead atoms. The molecule has 3 aliphatic rings. The van der Waals surface area contributed by atoms with Gasteiger partial charge in [0.25, 0.3) is 5.91 Å². The van der Waals surface area contributed by atoms with Crippen LogP contribution in [0.3, 0.4) is 0 Å². The van der Waals surface area contributed by atoms with E-state index in [1.807, 2.05) is 0 Å². The first kappa shape index (κ1) is 13.1. The van der Waals surface area contributed by atoms with Crippen molar-refractivity contribution in [3.8, 4) is 5.75 Å². The lowest BCUT2D eigenvalue weighted by Gasteiger charge is -2.61. The zero-order valence-corrected chi connectivity index (χ0v) is 10.5. The van der Waals surface area contributed by atoms with E-state index in [4.69, 9.17) is 5.73 Å². The summed E-state index contributed by atoms with van der Waals surface area (Å²) in [5, 5.41) is 2.87. The number of hydrogen-bond acceptors (Lipinski definition) is 3. The molecule has 0 saturated heterocycles. The topological polar surface area (TPSA) is 64.4 Å². The molecule has 3 saturated carbocycles. The normalized spacial score (nSPS) is 27.2. The lowest BCUT2D eigenvalue weighted by Crippen LogP contribution is -2.68. The van der Waals surface area contributed by atoms with Crippen LogP contribution >= 0.6 is 0 Å². The number of carbonyl (C=O) groups is 1. The molecule has 0 aromatic heterocycles. The van der Waals surface area contributed by atoms with Crippen LogP contribution in [0.4, 0.5) is 18.9 Å². The number of rotatable bonds is 3. The minimum absolute atomic E-state index is 0.114. The number of nitrogens with one attached hydrogen (secondary N) is 1. The molecule has 20 heavy (non-hydrogen) atoms. The highest BCUT2D eigenvalue weighted by Crippen LogP contribution is 2.57. The van der Waals surface area contributed by atoms with Gasteiger partial charge in [-0.3, -0.25) is 4.79 Å². The Labute approximate surface area is 113 Å². The number of ether oxygens (including phenoxy) is 1. The highest BCUT2D eigenvalue weighted by Gasteiger charge is 2.57. The fraction of sp³-hybridized carbons (Fsp3) is 0.462. The summed E-state index contributed by atoms with van der Waals surface area (Å²) in [5.41, 5.74) is 5.23. The molecule has 0 unspecified atom stereocenters. The van der Waals surface area contributed by atoms with E-state index >= 15 is 0 Å². The summed E-state index contributed by atoms with van der Waals surface area (Å²) in [5.74, 6) is -0.247. The second-order valence-electron chi connectivity index (χ2n) is 5.51. The molecule has 0 spiro atoms. The van der Waals surface area contributed by atoms with Gasteiger partial charge >= 0.3 is 6.36 Å². The van der Waals surface area contributed by atoms with Crippen molar-refractivity contribution in [1.82, 2.24) is 5.32 Å². The van der Waals surface area contributed by atoms with Crippen LogP contribution in [0.5, 0.6) is 5.75 Å². The molecule has 7 heteroatoms. The van der Waals surface area contributed by atoms with Crippen molar-refractivity contribution in [1.29, 1.82) is 0 Å². The van der Waals surface area contributed by atoms with E-state index in [1.165, 1.54) is 12.1 Å². The third-order valence-electron chi connectivity index (χ3n) is 3.92. The van der Waals surface area contributed by atoms with Crippen molar-refractivity contribution in [2.45, 2.75) is 31.2 Å². The van der Waals surface area contributed by atoms with Gasteiger partial charge in [0, 0.05) is 11.1 Å². The van der Waals surface area contributed by atoms with E-state index < -0.39 is 18.0 Å². The summed E-state index contributed by atoms with van der Waals surface area (Å²) < 4.78 is 40.4. The van der Waals surface area contributed by atoms with Gasteiger partial charge in [0.2, 0.25) is 0 Å². The second kappa shape index (κ2) is 4.04. The van der Waals surface area contributed by atoms with Gasteiger partial charge in [0.15, 0.2) is 5.75 Å². The van der Waals surface area contributed by atoms with E-state index in [0.29, 0.717) is 5.92 Å². The van der Waals surface area contributed by atoms with Crippen LogP contribution < -0.4 is 15.8 Å². The molecule has 0 heterocycles. The van der Waals surface area contributed by atoms with Crippen molar-refractivity contribution in [3.63, 3.8) is 0 Å². The van der Waals surface area contributed by atoms with Crippen LogP contribution in [0.15, 0.2) is 18.2 Å². The van der Waals surface area contributed by atoms with Gasteiger partial charge in [-0.05, 0) is 43.4 Å². The quantitative estimate of drug-likeness (QED) is 0.839. The number of hydrogen-bond donors (Lipinski definition) is 2. The first-order valence-corrected chi connectivity index (χ1v) is 6.24. The predicted octanol–water partition coefficient (Wildman–Crippen LogP) is 2.45. The number of anilines is 1. The van der Waals surface area contributed by atoms with E-state index in [0.717, 1.165) is 25.3 Å². The Morgan fingerprint density at radius 2 is 2.00 bits per heavy atom. The van der Waals surface area contributed by atoms with Crippen molar-refractivity contribution in [3.05, 3.63) is 23.8 Å². The second-order valence-corrected chi connectivity index (χ2v) is 5.51. The van der Waals surface area contributed by atoms with Crippen LogP contribution in [0.2, 0.25) is 0 Å². The van der Waals surface area contributed by atoms with E-state index in [9.17, 15) is 18.0 Å². The Hall–Kier alpha value is -1.92. The average Bonchev–Trinajstić information content (AvgIpc) is 2.22. The predicted molar refractivity (Wildman–Crippen MR) is 65.1 cm³/mol. The number of amides is 1. The van der Waals surface area contributed by atoms with Crippen LogP contribution in [-0.4, -0.2) is 17.8 Å². The molecule has 3 fully saturated rings. The van der Waals surface area contributed by atoms with E-state index in [2.05, 4.69) is 10.1 Å². The minimum atomic E-state index is -4.84. The number of benzene rings is 1. The van der Waals surface area contributed by atoms with Gasteiger partial charge < -0.3 is 15.8 Å². The summed E-state index contributed by atoms with van der Waals surface area (Å²) in [6.45, 7) is 0. The van der Waals surface area contributed by atoms with Gasteiger partial charge in [-0.2, -0.15) is 0 Å². The molecule has 0 radical (unpaired) electrons. The fourth-order valence-corrected chi connectivity index (χ4v) is 2.83. The van der Waals surface area contributed by atoms with Gasteiger partial charge in [0.1, 0.15) is 0 Å². The molecule has 3 aliphatic carbocycles. The van der Waals surface area contributed by atoms with Crippen molar-refractivity contribution >= 4 is 11.6 Å². The minimum Gasteiger partial charge on any atom is -0.404 e. The van der Waals surface area contributed by atoms with Crippen molar-refractivity contribution in [2.75, 3.05) is 5.73 Å². The van der Waals surface area contributed by atoms with Gasteiger partial charge in [-0.25, -0.2) is 0 Å². The zero-order chi connectivity index (χ0) is 14.5. The Morgan fingerprint density at radius 3 is 2.50 bits per heavy atom. The average molecular weight is 286 g/mol. The lowest BCUT2D eigenvalue weighted by atomic mass is 9.50. The molecule has 3 N–H and O–H groups in total. The van der Waals surface area contributed by atoms with Crippen LogP contribution in [-0.2, 0) is 0 Å². The Morgan fingerprint density at radius 1 is 1.35 bits per heavy atom. The first-order chi connectivity index (χ1) is 9.26. The lowest BCUT2D eigenvalue weighted by molar-refractivity contribution is -0.274. The Bertz CT molecular complexity index is 554. The van der Waals surface area contributed by atoms with Crippen LogP contribution in [0.25, 0.3) is 0 Å². The maximum atomic E-state index is 12.2. The molecule has 0 atom stereocenters. The molecule has 108 valence electrons. The standard InChI is InChI=1S/C13H13F3N2O2/c14-13(15,16)20-10-3-8(1-2-9(10)17)11(19)18-12-4-7(5-12)6-12/h1-3,7H,4-6,17H2,(H,18,19). The summed E-state index contributed by atoms with van der Waals surface area (Å²) in [6, 6.07) is 3.64. The third kappa shape index (κ3) is 2.28. The highest BCUT2D eigenvalue weighted by molar-refractivity contribution is 5.96. The molecule has 4 nitrogen and oxygen atoms in total. The van der Waals surface area contributed by atoms with Crippen molar-refractivity contribution < 1.29 is 22.7 Å². The number of nitrogen functional groups attached to an aromatic ring is 1. The van der Waals surface area contributed by atoms with Gasteiger partial charge in [0.05, 0.1) is 5.69 Å². The monoisotopic (exact) mass is 286 g/mol. The van der Waals surface area contributed by atoms with Gasteiger partial charge in [-0.1, -0.05) is 0 Å². The molecular weight excluding hydrogens is 273 g/mol. The molecule has 0 aliphatic heterocycles. The first-order valence-electron chi connectivity index (χ1n) is 6.24. The molecular formula is C13H13F3N2O2. The summed E-state index contributed by atoms with van der Waals surface area (Å²) >= 11 is 0. The van der Waals surface area contributed by atoms with E-state index in [-0.39, 0.29) is 16.8 Å². The number of halogens is 3. The number of alkyl halides is 3. The molecule has 4 rings (SSSR count). The maximum Gasteiger partial charge on any atom is 0.573 e. The number of carbonyl (C=O) groups excluding carboxylic acids is 1. The molecule has 1 aromatic carbocycles. The summed E-state index contributed by atoms with van der Waals surface area (Å²) in [7, 11) is 0. The number of nitrogens with two attached hydrogens (primary N) is 1. The summed E-state index contributed by atoms with van der Waals surface area (Å²) in [4.78, 5) is 12.0. The SMILES string of the molecule is Nc1ccc(C(=O)NC23CC(C2)C3)cc1OC(F)(F)F. The Balaban J connectivity index is 1.75. The zero-order valence-electron chi connectivity index (χ0n) is 10.5. The summed E-state index contributed by atoms with van der Waals surface area (Å²) in [6.07, 6.45) is -1.96. The van der Waals surface area contributed by atoms with E-state index in [1.54, 1.807) is 0 Å². The fourth-order valence-electron chi connectivity index (χ4n) is 2.83.